The first kappa shape index (κ1) is 17.1. The molecule has 6 heteroatoms. The zero-order valence-electron chi connectivity index (χ0n) is 15.6. The minimum absolute atomic E-state index is 0.315. The summed E-state index contributed by atoms with van der Waals surface area (Å²) < 4.78 is 14.6. The number of nitrogens with zero attached hydrogens (tertiary/aromatic N) is 3. The second-order valence-electron chi connectivity index (χ2n) is 6.25. The number of hydrogen-bond donors (Lipinski definition) is 0. The fourth-order valence-electron chi connectivity index (χ4n) is 3.35. The maximum atomic E-state index is 12.1. The van der Waals surface area contributed by atoms with E-state index in [-0.39, 0.29) is 5.97 Å². The van der Waals surface area contributed by atoms with E-state index in [0.717, 1.165) is 33.4 Å². The van der Waals surface area contributed by atoms with Crippen molar-refractivity contribution in [1.29, 1.82) is 0 Å². The number of ether oxygens (including phenoxy) is 2. The van der Waals surface area contributed by atoms with Crippen LogP contribution in [0.4, 0.5) is 0 Å². The smallest absolute Gasteiger partial charge is 0.338 e. The topological polar surface area (TPSA) is 58.3 Å². The van der Waals surface area contributed by atoms with Gasteiger partial charge >= 0.3 is 5.97 Å². The molecule has 2 aromatic carbocycles. The summed E-state index contributed by atoms with van der Waals surface area (Å²) >= 11 is 0. The van der Waals surface area contributed by atoms with E-state index in [1.807, 2.05) is 56.6 Å². The van der Waals surface area contributed by atoms with E-state index in [1.54, 1.807) is 17.7 Å². The van der Waals surface area contributed by atoms with Gasteiger partial charge in [-0.25, -0.2) is 4.79 Å². The van der Waals surface area contributed by atoms with E-state index in [0.29, 0.717) is 18.8 Å². The minimum atomic E-state index is -0.315. The van der Waals surface area contributed by atoms with Crippen molar-refractivity contribution < 1.29 is 14.3 Å². The number of benzene rings is 2. The molecule has 0 aliphatic carbocycles. The Labute approximate surface area is 156 Å². The first-order valence-corrected chi connectivity index (χ1v) is 9.00. The molecule has 4 aromatic rings. The SMILES string of the molecule is CCOC(=O)c1ccc2c(c1)c1cn(C)nc1n2-c1ccc(OCC)cc1. The van der Waals surface area contributed by atoms with Crippen LogP contribution in [0.15, 0.2) is 48.7 Å². The fourth-order valence-corrected chi connectivity index (χ4v) is 3.35. The molecule has 0 aliphatic rings. The van der Waals surface area contributed by atoms with Crippen LogP contribution in [0.3, 0.4) is 0 Å². The van der Waals surface area contributed by atoms with E-state index in [9.17, 15) is 4.79 Å². The predicted octanol–water partition coefficient (Wildman–Crippen LogP) is 4.09. The van der Waals surface area contributed by atoms with Crippen molar-refractivity contribution in [3.8, 4) is 11.4 Å². The number of aromatic nitrogens is 3. The van der Waals surface area contributed by atoms with Gasteiger partial charge in [0.05, 0.1) is 24.3 Å². The molecule has 0 N–H and O–H groups in total. The molecule has 0 fully saturated rings. The van der Waals surface area contributed by atoms with Crippen molar-refractivity contribution in [2.45, 2.75) is 13.8 Å². The van der Waals surface area contributed by atoms with Crippen molar-refractivity contribution in [3.63, 3.8) is 0 Å². The Bertz CT molecular complexity index is 1120. The largest absolute Gasteiger partial charge is 0.494 e. The van der Waals surface area contributed by atoms with Gasteiger partial charge in [0.2, 0.25) is 0 Å². The molecule has 27 heavy (non-hydrogen) atoms. The number of carbonyl (C=O) groups is 1. The Balaban J connectivity index is 1.91. The average Bonchev–Trinajstić information content (AvgIpc) is 3.17. The number of rotatable bonds is 5. The van der Waals surface area contributed by atoms with Crippen LogP contribution >= 0.6 is 0 Å². The van der Waals surface area contributed by atoms with Gasteiger partial charge in [-0.1, -0.05) is 0 Å². The number of fused-ring (bicyclic) bond motifs is 3. The maximum absolute atomic E-state index is 12.1. The zero-order chi connectivity index (χ0) is 19.0. The molecule has 0 radical (unpaired) electrons. The van der Waals surface area contributed by atoms with Crippen molar-refractivity contribution in [2.24, 2.45) is 7.05 Å². The Morgan fingerprint density at radius 2 is 1.81 bits per heavy atom. The molecular weight excluding hydrogens is 342 g/mol. The third-order valence-electron chi connectivity index (χ3n) is 4.47. The highest BCUT2D eigenvalue weighted by Gasteiger charge is 2.17. The van der Waals surface area contributed by atoms with Crippen LogP contribution in [-0.4, -0.2) is 33.5 Å². The molecule has 0 aliphatic heterocycles. The van der Waals surface area contributed by atoms with Crippen LogP contribution in [0.25, 0.3) is 27.6 Å². The van der Waals surface area contributed by atoms with Gasteiger partial charge in [-0.05, 0) is 56.3 Å². The van der Waals surface area contributed by atoms with E-state index in [2.05, 4.69) is 9.67 Å². The van der Waals surface area contributed by atoms with E-state index >= 15 is 0 Å². The van der Waals surface area contributed by atoms with Crippen LogP contribution in [0.2, 0.25) is 0 Å². The van der Waals surface area contributed by atoms with Crippen molar-refractivity contribution >= 4 is 27.9 Å². The molecule has 0 spiro atoms. The summed E-state index contributed by atoms with van der Waals surface area (Å²) in [6, 6.07) is 13.5. The van der Waals surface area contributed by atoms with Crippen LogP contribution in [-0.2, 0) is 11.8 Å². The molecular formula is C21H21N3O3. The Hall–Kier alpha value is -3.28. The number of hydrogen-bond acceptors (Lipinski definition) is 4. The third kappa shape index (κ3) is 2.93. The maximum Gasteiger partial charge on any atom is 0.338 e. The third-order valence-corrected chi connectivity index (χ3v) is 4.47. The van der Waals surface area contributed by atoms with E-state index in [4.69, 9.17) is 9.47 Å². The molecule has 2 heterocycles. The highest BCUT2D eigenvalue weighted by molar-refractivity contribution is 6.10. The summed E-state index contributed by atoms with van der Waals surface area (Å²) in [4.78, 5) is 12.1. The second kappa shape index (κ2) is 6.79. The lowest BCUT2D eigenvalue weighted by atomic mass is 10.1. The van der Waals surface area contributed by atoms with Gasteiger partial charge in [-0.3, -0.25) is 9.25 Å². The zero-order valence-corrected chi connectivity index (χ0v) is 15.6. The summed E-state index contributed by atoms with van der Waals surface area (Å²) in [6.07, 6.45) is 1.97. The standard InChI is InChI=1S/C21H21N3O3/c1-4-26-16-9-7-15(8-10-16)24-19-11-6-14(21(25)27-5-2)12-17(19)18-13-23(3)22-20(18)24/h6-13H,4-5H2,1-3H3. The first-order valence-electron chi connectivity index (χ1n) is 9.00. The number of carbonyl (C=O) groups excluding carboxylic acids is 1. The molecule has 138 valence electrons. The van der Waals surface area contributed by atoms with Crippen LogP contribution in [0, 0.1) is 0 Å². The Morgan fingerprint density at radius 1 is 1.04 bits per heavy atom. The van der Waals surface area contributed by atoms with Crippen molar-refractivity contribution in [1.82, 2.24) is 14.3 Å². The monoisotopic (exact) mass is 363 g/mol. The van der Waals surface area contributed by atoms with E-state index < -0.39 is 0 Å². The lowest BCUT2D eigenvalue weighted by Crippen LogP contribution is -2.04. The van der Waals surface area contributed by atoms with Gasteiger partial charge < -0.3 is 9.47 Å². The predicted molar refractivity (Wildman–Crippen MR) is 105 cm³/mol. The first-order chi connectivity index (χ1) is 13.1. The lowest BCUT2D eigenvalue weighted by molar-refractivity contribution is 0.0526. The second-order valence-corrected chi connectivity index (χ2v) is 6.25. The molecule has 0 saturated carbocycles. The molecule has 2 aromatic heterocycles. The van der Waals surface area contributed by atoms with Gasteiger partial charge in [0.15, 0.2) is 5.65 Å². The summed E-state index contributed by atoms with van der Waals surface area (Å²) in [7, 11) is 1.89. The van der Waals surface area contributed by atoms with Gasteiger partial charge in [0, 0.05) is 29.7 Å². The molecule has 0 amide bonds. The Morgan fingerprint density at radius 3 is 2.52 bits per heavy atom. The highest BCUT2D eigenvalue weighted by Crippen LogP contribution is 2.32. The molecule has 0 saturated heterocycles. The normalized spacial score (nSPS) is 11.2. The van der Waals surface area contributed by atoms with Crippen molar-refractivity contribution in [3.05, 3.63) is 54.2 Å². The number of aryl methyl sites for hydroxylation is 1. The number of esters is 1. The molecule has 0 unspecified atom stereocenters. The fraction of sp³-hybridized carbons (Fsp3) is 0.238. The van der Waals surface area contributed by atoms with Gasteiger partial charge in [-0.2, -0.15) is 5.10 Å². The van der Waals surface area contributed by atoms with Crippen LogP contribution in [0.1, 0.15) is 24.2 Å². The summed E-state index contributed by atoms with van der Waals surface area (Å²) in [5, 5.41) is 6.59. The molecule has 6 nitrogen and oxygen atoms in total. The minimum Gasteiger partial charge on any atom is -0.494 e. The van der Waals surface area contributed by atoms with E-state index in [1.165, 1.54) is 0 Å². The molecule has 0 atom stereocenters. The highest BCUT2D eigenvalue weighted by atomic mass is 16.5. The Kier molecular flexibility index (Phi) is 4.32. The summed E-state index contributed by atoms with van der Waals surface area (Å²) in [5.41, 5.74) is 3.36. The lowest BCUT2D eigenvalue weighted by Gasteiger charge is -2.09. The summed E-state index contributed by atoms with van der Waals surface area (Å²) in [6.45, 7) is 4.75. The van der Waals surface area contributed by atoms with Gasteiger partial charge in [0.25, 0.3) is 0 Å². The molecule has 4 rings (SSSR count). The van der Waals surface area contributed by atoms with Crippen LogP contribution < -0.4 is 4.74 Å². The average molecular weight is 363 g/mol. The van der Waals surface area contributed by atoms with Crippen LogP contribution in [0.5, 0.6) is 5.75 Å². The molecule has 0 bridgehead atoms. The van der Waals surface area contributed by atoms with Gasteiger partial charge in [-0.15, -0.1) is 0 Å². The van der Waals surface area contributed by atoms with Crippen molar-refractivity contribution in [2.75, 3.05) is 13.2 Å². The summed E-state index contributed by atoms with van der Waals surface area (Å²) in [5.74, 6) is 0.518. The quantitative estimate of drug-likeness (QED) is 0.501. The van der Waals surface area contributed by atoms with Gasteiger partial charge in [0.1, 0.15) is 5.75 Å².